The lowest BCUT2D eigenvalue weighted by atomic mass is 9.91. The highest BCUT2D eigenvalue weighted by Gasteiger charge is 2.37. The molecule has 0 spiro atoms. The lowest BCUT2D eigenvalue weighted by Gasteiger charge is -2.37. The predicted octanol–water partition coefficient (Wildman–Crippen LogP) is 3.74. The molecule has 2 aromatic heterocycles. The van der Waals surface area contributed by atoms with Gasteiger partial charge in [0, 0.05) is 12.7 Å². The Kier molecular flexibility index (Phi) is 5.20. The maximum atomic E-state index is 12.2. The van der Waals surface area contributed by atoms with Crippen LogP contribution in [0.2, 0.25) is 0 Å². The molecule has 0 aliphatic carbocycles. The summed E-state index contributed by atoms with van der Waals surface area (Å²) in [6.07, 6.45) is 4.66. The number of pyridine rings is 1. The first-order valence-corrected chi connectivity index (χ1v) is 8.63. The highest BCUT2D eigenvalue weighted by Crippen LogP contribution is 2.41. The summed E-state index contributed by atoms with van der Waals surface area (Å²) >= 11 is 0. The van der Waals surface area contributed by atoms with E-state index in [0.717, 1.165) is 18.6 Å². The fourth-order valence-electron chi connectivity index (χ4n) is 3.35. The van der Waals surface area contributed by atoms with Gasteiger partial charge in [0.1, 0.15) is 11.3 Å². The molecule has 1 fully saturated rings. The minimum absolute atomic E-state index is 0.0846. The molecule has 8 heteroatoms. The maximum Gasteiger partial charge on any atom is 0.345 e. The van der Waals surface area contributed by atoms with E-state index in [2.05, 4.69) is 11.9 Å². The number of carbonyl (C=O) groups excluding carboxylic acids is 1. The van der Waals surface area contributed by atoms with Crippen molar-refractivity contribution in [3.63, 3.8) is 0 Å². The van der Waals surface area contributed by atoms with Gasteiger partial charge < -0.3 is 14.1 Å². The first-order chi connectivity index (χ1) is 12.5. The van der Waals surface area contributed by atoms with Crippen molar-refractivity contribution in [2.45, 2.75) is 32.7 Å². The van der Waals surface area contributed by atoms with Crippen LogP contribution in [0.15, 0.2) is 35.1 Å². The summed E-state index contributed by atoms with van der Waals surface area (Å²) in [5, 5.41) is 11.8. The van der Waals surface area contributed by atoms with Gasteiger partial charge in [0.15, 0.2) is 0 Å². The number of anilines is 1. The van der Waals surface area contributed by atoms with Crippen molar-refractivity contribution in [3.05, 3.63) is 52.1 Å². The molecular weight excluding hydrogens is 338 g/mol. The molecule has 2 unspecified atom stereocenters. The number of ether oxygens (including phenoxy) is 1. The molecule has 0 bridgehead atoms. The lowest BCUT2D eigenvalue weighted by molar-refractivity contribution is -0.384. The summed E-state index contributed by atoms with van der Waals surface area (Å²) in [5.41, 5.74) is -0.407. The molecule has 26 heavy (non-hydrogen) atoms. The van der Waals surface area contributed by atoms with Crippen LogP contribution < -0.4 is 4.90 Å². The number of aromatic nitrogens is 1. The van der Waals surface area contributed by atoms with Crippen molar-refractivity contribution in [1.29, 1.82) is 0 Å². The fraction of sp³-hybridized carbons (Fsp3) is 0.444. The molecule has 2 aromatic rings. The summed E-state index contributed by atoms with van der Waals surface area (Å²) < 4.78 is 10.5. The van der Waals surface area contributed by atoms with E-state index in [1.54, 1.807) is 19.3 Å². The van der Waals surface area contributed by atoms with Crippen LogP contribution in [-0.2, 0) is 4.74 Å². The first kappa shape index (κ1) is 17.9. The molecule has 2 atom stereocenters. The van der Waals surface area contributed by atoms with E-state index < -0.39 is 10.9 Å². The van der Waals surface area contributed by atoms with Gasteiger partial charge in [-0.15, -0.1) is 0 Å². The lowest BCUT2D eigenvalue weighted by Crippen LogP contribution is -2.37. The average Bonchev–Trinajstić information content (AvgIpc) is 3.15. The van der Waals surface area contributed by atoms with Crippen molar-refractivity contribution < 1.29 is 18.9 Å². The van der Waals surface area contributed by atoms with E-state index in [1.807, 2.05) is 11.0 Å². The maximum absolute atomic E-state index is 12.2. The van der Waals surface area contributed by atoms with Crippen molar-refractivity contribution in [1.82, 2.24) is 4.98 Å². The summed E-state index contributed by atoms with van der Waals surface area (Å²) in [7, 11) is 0. The van der Waals surface area contributed by atoms with Gasteiger partial charge in [-0.2, -0.15) is 0 Å². The summed E-state index contributed by atoms with van der Waals surface area (Å²) in [4.78, 5) is 29.5. The normalized spacial score (nSPS) is 20.0. The van der Waals surface area contributed by atoms with E-state index in [9.17, 15) is 14.9 Å². The number of nitro groups is 1. The van der Waals surface area contributed by atoms with Gasteiger partial charge in [0.2, 0.25) is 5.82 Å². The molecule has 0 N–H and O–H groups in total. The topological polar surface area (TPSA) is 98.7 Å². The second-order valence-electron chi connectivity index (χ2n) is 6.36. The van der Waals surface area contributed by atoms with Crippen LogP contribution in [0.4, 0.5) is 11.5 Å². The largest absolute Gasteiger partial charge is 0.467 e. The van der Waals surface area contributed by atoms with Crippen LogP contribution in [0, 0.1) is 16.0 Å². The van der Waals surface area contributed by atoms with E-state index in [4.69, 9.17) is 9.15 Å². The first-order valence-electron chi connectivity index (χ1n) is 8.63. The standard InChI is InChI=1S/C18H21N3O5/c1-3-25-18(22)13-6-8-19-17(16(13)21(23)24)20-9-7-12(2)11-14(20)15-5-4-10-26-15/h4-6,8,10,12,14H,3,7,9,11H2,1-2H3. The van der Waals surface area contributed by atoms with Gasteiger partial charge in [0.25, 0.3) is 0 Å². The number of piperidine rings is 1. The van der Waals surface area contributed by atoms with Crippen LogP contribution in [0.5, 0.6) is 0 Å². The molecule has 1 saturated heterocycles. The van der Waals surface area contributed by atoms with E-state index in [-0.39, 0.29) is 29.7 Å². The molecule has 1 aliphatic heterocycles. The second-order valence-corrected chi connectivity index (χ2v) is 6.36. The third kappa shape index (κ3) is 3.40. The number of rotatable bonds is 5. The quantitative estimate of drug-likeness (QED) is 0.455. The highest BCUT2D eigenvalue weighted by atomic mass is 16.6. The average molecular weight is 359 g/mol. The fourth-order valence-corrected chi connectivity index (χ4v) is 3.35. The predicted molar refractivity (Wildman–Crippen MR) is 94.0 cm³/mol. The van der Waals surface area contributed by atoms with Gasteiger partial charge in [-0.1, -0.05) is 6.92 Å². The summed E-state index contributed by atoms with van der Waals surface area (Å²) in [6.45, 7) is 4.53. The van der Waals surface area contributed by atoms with Crippen molar-refractivity contribution >= 4 is 17.5 Å². The number of hydrogen-bond donors (Lipinski definition) is 0. The van der Waals surface area contributed by atoms with Gasteiger partial charge in [-0.05, 0) is 43.9 Å². The number of furan rings is 1. The molecule has 8 nitrogen and oxygen atoms in total. The van der Waals surface area contributed by atoms with E-state index in [1.165, 1.54) is 12.3 Å². The Hall–Kier alpha value is -2.90. The zero-order chi connectivity index (χ0) is 18.7. The molecule has 138 valence electrons. The van der Waals surface area contributed by atoms with Gasteiger partial charge in [-0.3, -0.25) is 10.1 Å². The van der Waals surface area contributed by atoms with Crippen molar-refractivity contribution in [3.8, 4) is 0 Å². The van der Waals surface area contributed by atoms with Gasteiger partial charge in [0.05, 0.1) is 23.8 Å². The van der Waals surface area contributed by atoms with Crippen LogP contribution in [0.25, 0.3) is 0 Å². The van der Waals surface area contributed by atoms with Gasteiger partial charge in [-0.25, -0.2) is 9.78 Å². The third-order valence-electron chi connectivity index (χ3n) is 4.59. The highest BCUT2D eigenvalue weighted by molar-refractivity contribution is 5.96. The summed E-state index contributed by atoms with van der Waals surface area (Å²) in [5.74, 6) is 0.638. The third-order valence-corrected chi connectivity index (χ3v) is 4.59. The Bertz CT molecular complexity index is 790. The molecule has 0 radical (unpaired) electrons. The Morgan fingerprint density at radius 3 is 2.96 bits per heavy atom. The number of esters is 1. The zero-order valence-electron chi connectivity index (χ0n) is 14.8. The molecular formula is C18H21N3O5. The monoisotopic (exact) mass is 359 g/mol. The molecule has 1 aliphatic rings. The van der Waals surface area contributed by atoms with Crippen LogP contribution in [-0.4, -0.2) is 29.0 Å². The molecule has 0 amide bonds. The SMILES string of the molecule is CCOC(=O)c1ccnc(N2CCC(C)CC2c2ccco2)c1[N+](=O)[O-]. The zero-order valence-corrected chi connectivity index (χ0v) is 14.8. The number of nitrogens with zero attached hydrogens (tertiary/aromatic N) is 3. The van der Waals surface area contributed by atoms with Crippen LogP contribution in [0.1, 0.15) is 48.8 Å². The molecule has 0 aromatic carbocycles. The minimum atomic E-state index is -0.720. The van der Waals surface area contributed by atoms with Crippen molar-refractivity contribution in [2.75, 3.05) is 18.1 Å². The Labute approximate surface area is 150 Å². The number of carbonyl (C=O) groups is 1. The second kappa shape index (κ2) is 7.55. The Balaban J connectivity index is 2.07. The molecule has 0 saturated carbocycles. The van der Waals surface area contributed by atoms with Crippen LogP contribution >= 0.6 is 0 Å². The molecule has 3 heterocycles. The molecule has 3 rings (SSSR count). The summed E-state index contributed by atoms with van der Waals surface area (Å²) in [6, 6.07) is 4.81. The van der Waals surface area contributed by atoms with Crippen molar-refractivity contribution in [2.24, 2.45) is 5.92 Å². The van der Waals surface area contributed by atoms with E-state index >= 15 is 0 Å². The minimum Gasteiger partial charge on any atom is -0.467 e. The Morgan fingerprint density at radius 2 is 2.31 bits per heavy atom. The smallest absolute Gasteiger partial charge is 0.345 e. The number of hydrogen-bond acceptors (Lipinski definition) is 7. The van der Waals surface area contributed by atoms with E-state index in [0.29, 0.717) is 12.5 Å². The Morgan fingerprint density at radius 1 is 1.50 bits per heavy atom. The van der Waals surface area contributed by atoms with Gasteiger partial charge >= 0.3 is 11.7 Å². The van der Waals surface area contributed by atoms with Crippen LogP contribution in [0.3, 0.4) is 0 Å².